The Balaban J connectivity index is 1.99. The van der Waals surface area contributed by atoms with Gasteiger partial charge in [0.2, 0.25) is 5.91 Å². The van der Waals surface area contributed by atoms with Crippen LogP contribution in [0.1, 0.15) is 16.7 Å². The highest BCUT2D eigenvalue weighted by Crippen LogP contribution is 2.29. The van der Waals surface area contributed by atoms with Crippen LogP contribution < -0.4 is 5.32 Å². The van der Waals surface area contributed by atoms with Gasteiger partial charge in [0, 0.05) is 9.99 Å². The number of aliphatic carboxylic acids is 1. The van der Waals surface area contributed by atoms with Gasteiger partial charge in [-0.25, -0.2) is 4.79 Å². The lowest BCUT2D eigenvalue weighted by Crippen LogP contribution is -2.43. The fourth-order valence-electron chi connectivity index (χ4n) is 2.30. The summed E-state index contributed by atoms with van der Waals surface area (Å²) in [6.45, 7) is 0. The second kappa shape index (κ2) is 8.52. The standard InChI is InChI=1S/C18H15F3INO3/c19-18(20,21)13-5-1-12(2-6-13)10-16(24)23-15(17(25)26)9-11-3-7-14(22)8-4-11/h1-8,15H,9-10H2,(H,23,24)(H,25,26)/t15-/m0/s1. The molecule has 26 heavy (non-hydrogen) atoms. The summed E-state index contributed by atoms with van der Waals surface area (Å²) in [6, 6.07) is 10.3. The maximum atomic E-state index is 12.5. The van der Waals surface area contributed by atoms with Gasteiger partial charge in [-0.05, 0) is 58.0 Å². The molecule has 0 radical (unpaired) electrons. The SMILES string of the molecule is O=C(Cc1ccc(C(F)(F)F)cc1)N[C@@H](Cc1ccc(I)cc1)C(=O)O. The lowest BCUT2D eigenvalue weighted by Gasteiger charge is -2.15. The molecule has 0 aliphatic rings. The van der Waals surface area contributed by atoms with Crippen molar-refractivity contribution < 1.29 is 27.9 Å². The molecule has 138 valence electrons. The Labute approximate surface area is 161 Å². The summed E-state index contributed by atoms with van der Waals surface area (Å²) in [5, 5.41) is 11.7. The van der Waals surface area contributed by atoms with Crippen LogP contribution in [0.2, 0.25) is 0 Å². The number of nitrogens with one attached hydrogen (secondary N) is 1. The third-order valence-electron chi connectivity index (χ3n) is 3.63. The molecule has 0 aliphatic carbocycles. The highest BCUT2D eigenvalue weighted by Gasteiger charge is 2.30. The molecule has 0 spiro atoms. The van der Waals surface area contributed by atoms with E-state index in [4.69, 9.17) is 0 Å². The molecule has 0 unspecified atom stereocenters. The largest absolute Gasteiger partial charge is 0.480 e. The van der Waals surface area contributed by atoms with Gasteiger partial charge in [-0.1, -0.05) is 24.3 Å². The normalized spacial score (nSPS) is 12.5. The van der Waals surface area contributed by atoms with Gasteiger partial charge in [0.15, 0.2) is 0 Å². The second-order valence-electron chi connectivity index (χ2n) is 5.66. The van der Waals surface area contributed by atoms with Crippen LogP contribution in [0.3, 0.4) is 0 Å². The molecule has 0 saturated heterocycles. The van der Waals surface area contributed by atoms with Crippen molar-refractivity contribution in [2.45, 2.75) is 25.1 Å². The first-order valence-corrected chi connectivity index (χ1v) is 8.66. The molecule has 1 atom stereocenters. The molecule has 0 fully saturated rings. The molecular formula is C18H15F3INO3. The molecule has 0 heterocycles. The third kappa shape index (κ3) is 6.01. The van der Waals surface area contributed by atoms with Crippen molar-refractivity contribution in [2.24, 2.45) is 0 Å². The number of carboxylic acid groups (broad SMARTS) is 1. The van der Waals surface area contributed by atoms with Crippen LogP contribution >= 0.6 is 22.6 Å². The zero-order chi connectivity index (χ0) is 19.3. The Kier molecular flexibility index (Phi) is 6.63. The maximum absolute atomic E-state index is 12.5. The van der Waals surface area contributed by atoms with E-state index < -0.39 is 29.7 Å². The minimum absolute atomic E-state index is 0.116. The van der Waals surface area contributed by atoms with Gasteiger partial charge in [-0.3, -0.25) is 4.79 Å². The first-order chi connectivity index (χ1) is 12.1. The summed E-state index contributed by atoms with van der Waals surface area (Å²) >= 11 is 2.13. The smallest absolute Gasteiger partial charge is 0.416 e. The van der Waals surface area contributed by atoms with E-state index in [0.717, 1.165) is 21.3 Å². The van der Waals surface area contributed by atoms with Crippen LogP contribution in [0.15, 0.2) is 48.5 Å². The van der Waals surface area contributed by atoms with Crippen molar-refractivity contribution in [3.63, 3.8) is 0 Å². The van der Waals surface area contributed by atoms with Gasteiger partial charge in [0.1, 0.15) is 6.04 Å². The average molecular weight is 477 g/mol. The van der Waals surface area contributed by atoms with Crippen molar-refractivity contribution in [1.82, 2.24) is 5.32 Å². The van der Waals surface area contributed by atoms with E-state index in [1.54, 1.807) is 12.1 Å². The van der Waals surface area contributed by atoms with Crippen molar-refractivity contribution >= 4 is 34.5 Å². The molecule has 8 heteroatoms. The fraction of sp³-hybridized carbons (Fsp3) is 0.222. The summed E-state index contributed by atoms with van der Waals surface area (Å²) in [7, 11) is 0. The van der Waals surface area contributed by atoms with Crippen molar-refractivity contribution in [2.75, 3.05) is 0 Å². The van der Waals surface area contributed by atoms with Crippen molar-refractivity contribution in [3.8, 4) is 0 Å². The van der Waals surface area contributed by atoms with E-state index in [-0.39, 0.29) is 12.8 Å². The average Bonchev–Trinajstić information content (AvgIpc) is 2.55. The summed E-state index contributed by atoms with van der Waals surface area (Å²) in [4.78, 5) is 23.4. The molecular weight excluding hydrogens is 462 g/mol. The molecule has 2 N–H and O–H groups in total. The van der Waals surface area contributed by atoms with Gasteiger partial charge in [-0.15, -0.1) is 0 Å². The van der Waals surface area contributed by atoms with E-state index >= 15 is 0 Å². The number of hydrogen-bond acceptors (Lipinski definition) is 2. The molecule has 4 nitrogen and oxygen atoms in total. The molecule has 0 aromatic heterocycles. The lowest BCUT2D eigenvalue weighted by molar-refractivity contribution is -0.141. The summed E-state index contributed by atoms with van der Waals surface area (Å²) < 4.78 is 38.6. The van der Waals surface area contributed by atoms with Crippen molar-refractivity contribution in [1.29, 1.82) is 0 Å². The molecule has 0 aliphatic heterocycles. The Bertz CT molecular complexity index is 774. The number of carbonyl (C=O) groups excluding carboxylic acids is 1. The van der Waals surface area contributed by atoms with Crippen LogP contribution in [0.25, 0.3) is 0 Å². The fourth-order valence-corrected chi connectivity index (χ4v) is 2.66. The zero-order valence-electron chi connectivity index (χ0n) is 13.4. The molecule has 2 aromatic carbocycles. The van der Waals surface area contributed by atoms with E-state index in [1.165, 1.54) is 12.1 Å². The zero-order valence-corrected chi connectivity index (χ0v) is 15.5. The minimum Gasteiger partial charge on any atom is -0.480 e. The predicted octanol–water partition coefficient (Wildman–Crippen LogP) is 3.66. The van der Waals surface area contributed by atoms with Crippen LogP contribution in [0.4, 0.5) is 13.2 Å². The highest BCUT2D eigenvalue weighted by atomic mass is 127. The maximum Gasteiger partial charge on any atom is 0.416 e. The third-order valence-corrected chi connectivity index (χ3v) is 4.35. The Hall–Kier alpha value is -2.10. The predicted molar refractivity (Wildman–Crippen MR) is 97.6 cm³/mol. The number of alkyl halides is 3. The number of carbonyl (C=O) groups is 2. The molecule has 0 bridgehead atoms. The Morgan fingerprint density at radius 1 is 1.00 bits per heavy atom. The van der Waals surface area contributed by atoms with Crippen LogP contribution in [0.5, 0.6) is 0 Å². The monoisotopic (exact) mass is 477 g/mol. The van der Waals surface area contributed by atoms with Crippen LogP contribution in [-0.4, -0.2) is 23.0 Å². The van der Waals surface area contributed by atoms with E-state index in [0.29, 0.717) is 5.56 Å². The number of halogens is 4. The Morgan fingerprint density at radius 2 is 1.54 bits per heavy atom. The lowest BCUT2D eigenvalue weighted by atomic mass is 10.0. The van der Waals surface area contributed by atoms with E-state index in [2.05, 4.69) is 27.9 Å². The molecule has 2 rings (SSSR count). The van der Waals surface area contributed by atoms with E-state index in [9.17, 15) is 27.9 Å². The number of hydrogen-bond donors (Lipinski definition) is 2. The van der Waals surface area contributed by atoms with Crippen LogP contribution in [0, 0.1) is 3.57 Å². The first-order valence-electron chi connectivity index (χ1n) is 7.58. The topological polar surface area (TPSA) is 66.4 Å². The van der Waals surface area contributed by atoms with Gasteiger partial charge in [0.05, 0.1) is 12.0 Å². The van der Waals surface area contributed by atoms with Crippen LogP contribution in [-0.2, 0) is 28.6 Å². The summed E-state index contributed by atoms with van der Waals surface area (Å²) in [6.07, 6.45) is -4.53. The number of benzene rings is 2. The summed E-state index contributed by atoms with van der Waals surface area (Å²) in [5.74, 6) is -1.74. The molecule has 0 saturated carbocycles. The highest BCUT2D eigenvalue weighted by molar-refractivity contribution is 14.1. The number of carboxylic acids is 1. The molecule has 1 amide bonds. The first kappa shape index (κ1) is 20.2. The van der Waals surface area contributed by atoms with Crippen molar-refractivity contribution in [3.05, 3.63) is 68.8 Å². The van der Waals surface area contributed by atoms with Gasteiger partial charge in [-0.2, -0.15) is 13.2 Å². The van der Waals surface area contributed by atoms with Gasteiger partial charge < -0.3 is 10.4 Å². The Morgan fingerprint density at radius 3 is 2.04 bits per heavy atom. The quantitative estimate of drug-likeness (QED) is 0.625. The van der Waals surface area contributed by atoms with Gasteiger partial charge in [0.25, 0.3) is 0 Å². The second-order valence-corrected chi connectivity index (χ2v) is 6.91. The molecule has 2 aromatic rings. The summed E-state index contributed by atoms with van der Waals surface area (Å²) in [5.41, 5.74) is 0.324. The number of amides is 1. The van der Waals surface area contributed by atoms with Gasteiger partial charge >= 0.3 is 12.1 Å². The minimum atomic E-state index is -4.44. The number of rotatable bonds is 6. The van der Waals surface area contributed by atoms with E-state index in [1.807, 2.05) is 12.1 Å².